The van der Waals surface area contributed by atoms with E-state index in [1.165, 1.54) is 55.9 Å². The number of anilines is 1. The van der Waals surface area contributed by atoms with Crippen molar-refractivity contribution in [2.24, 2.45) is 0 Å². The van der Waals surface area contributed by atoms with Crippen LogP contribution >= 0.6 is 0 Å². The molecule has 5 rings (SSSR count). The Bertz CT molecular complexity index is 1130. The zero-order valence-corrected chi connectivity index (χ0v) is 17.9. The molecule has 2 heterocycles. The molecule has 0 aliphatic carbocycles. The average Bonchev–Trinajstić information content (AvgIpc) is 3.12. The Labute approximate surface area is 173 Å². The van der Waals surface area contributed by atoms with Gasteiger partial charge in [0.25, 0.3) is 0 Å². The Morgan fingerprint density at radius 1 is 0.862 bits per heavy atom. The van der Waals surface area contributed by atoms with E-state index in [1.54, 1.807) is 0 Å². The fraction of sp³-hybridized carbons (Fsp3) is 0.259. The van der Waals surface area contributed by atoms with Crippen molar-refractivity contribution in [3.63, 3.8) is 0 Å². The van der Waals surface area contributed by atoms with Crippen molar-refractivity contribution >= 4 is 11.4 Å². The topological polar surface area (TPSA) is 15.3 Å². The van der Waals surface area contributed by atoms with Gasteiger partial charge in [0.1, 0.15) is 6.17 Å². The molecule has 1 unspecified atom stereocenters. The molecule has 0 fully saturated rings. The summed E-state index contributed by atoms with van der Waals surface area (Å²) in [6, 6.07) is 20.2. The Balaban J connectivity index is 1.79. The standard InChI is InChI=1S/C27H28N2/c1-16(2)20-10-7-11-21-22-14-17(3)12-13-23(22)29-24(15-28-27(29)26(20)21)25-18(4)8-6-9-19(25)5/h6-16,27-28H,1-5H3. The highest BCUT2D eigenvalue weighted by atomic mass is 15.3. The van der Waals surface area contributed by atoms with Crippen LogP contribution in [0, 0.1) is 20.8 Å². The smallest absolute Gasteiger partial charge is 0.131 e. The van der Waals surface area contributed by atoms with Gasteiger partial charge in [-0.2, -0.15) is 0 Å². The first-order valence-corrected chi connectivity index (χ1v) is 10.5. The second-order valence-electron chi connectivity index (χ2n) is 8.72. The first-order chi connectivity index (χ1) is 14.0. The summed E-state index contributed by atoms with van der Waals surface area (Å²) in [5.74, 6) is 0.476. The van der Waals surface area contributed by atoms with Gasteiger partial charge in [-0.1, -0.05) is 61.9 Å². The van der Waals surface area contributed by atoms with Gasteiger partial charge < -0.3 is 10.2 Å². The largest absolute Gasteiger partial charge is 0.365 e. The molecule has 0 spiro atoms. The predicted octanol–water partition coefficient (Wildman–Crippen LogP) is 6.82. The highest BCUT2D eigenvalue weighted by molar-refractivity contribution is 5.95. The minimum absolute atomic E-state index is 0.132. The molecule has 0 aromatic heterocycles. The van der Waals surface area contributed by atoms with Crippen LogP contribution in [0.3, 0.4) is 0 Å². The van der Waals surface area contributed by atoms with Gasteiger partial charge >= 0.3 is 0 Å². The van der Waals surface area contributed by atoms with E-state index >= 15 is 0 Å². The highest BCUT2D eigenvalue weighted by Gasteiger charge is 2.38. The lowest BCUT2D eigenvalue weighted by atomic mass is 9.84. The average molecular weight is 381 g/mol. The van der Waals surface area contributed by atoms with Gasteiger partial charge in [-0.3, -0.25) is 0 Å². The number of fused-ring (bicyclic) bond motifs is 6. The van der Waals surface area contributed by atoms with Crippen molar-refractivity contribution in [1.82, 2.24) is 5.32 Å². The van der Waals surface area contributed by atoms with Crippen LogP contribution in [-0.4, -0.2) is 0 Å². The van der Waals surface area contributed by atoms with Gasteiger partial charge in [-0.05, 0) is 61.1 Å². The van der Waals surface area contributed by atoms with Gasteiger partial charge in [0.15, 0.2) is 0 Å². The maximum absolute atomic E-state index is 3.73. The van der Waals surface area contributed by atoms with Crippen molar-refractivity contribution in [2.45, 2.75) is 46.7 Å². The van der Waals surface area contributed by atoms with E-state index in [1.807, 2.05) is 0 Å². The Morgan fingerprint density at radius 3 is 2.31 bits per heavy atom. The molecule has 2 heteroatoms. The third-order valence-electron chi connectivity index (χ3n) is 6.37. The summed E-state index contributed by atoms with van der Waals surface area (Å²) in [6.45, 7) is 11.2. The first-order valence-electron chi connectivity index (χ1n) is 10.5. The van der Waals surface area contributed by atoms with Crippen molar-refractivity contribution < 1.29 is 0 Å². The Morgan fingerprint density at radius 2 is 1.59 bits per heavy atom. The van der Waals surface area contributed by atoms with Gasteiger partial charge in [0.05, 0.1) is 11.4 Å². The lowest BCUT2D eigenvalue weighted by Gasteiger charge is -2.39. The molecule has 1 N–H and O–H groups in total. The summed E-state index contributed by atoms with van der Waals surface area (Å²) < 4.78 is 0. The van der Waals surface area contributed by atoms with E-state index in [9.17, 15) is 0 Å². The molecule has 3 aromatic rings. The van der Waals surface area contributed by atoms with E-state index in [0.717, 1.165) is 0 Å². The van der Waals surface area contributed by atoms with Crippen LogP contribution in [0.5, 0.6) is 0 Å². The van der Waals surface area contributed by atoms with Gasteiger partial charge in [0.2, 0.25) is 0 Å². The molecule has 0 radical (unpaired) electrons. The summed E-state index contributed by atoms with van der Waals surface area (Å²) in [7, 11) is 0. The van der Waals surface area contributed by atoms with Gasteiger partial charge in [-0.15, -0.1) is 0 Å². The maximum Gasteiger partial charge on any atom is 0.131 e. The van der Waals surface area contributed by atoms with Gasteiger partial charge in [-0.25, -0.2) is 0 Å². The highest BCUT2D eigenvalue weighted by Crippen LogP contribution is 2.51. The van der Waals surface area contributed by atoms with Crippen LogP contribution < -0.4 is 10.2 Å². The van der Waals surface area contributed by atoms with E-state index in [2.05, 4.69) is 106 Å². The van der Waals surface area contributed by atoms with E-state index in [0.29, 0.717) is 5.92 Å². The molecule has 2 aliphatic heterocycles. The fourth-order valence-corrected chi connectivity index (χ4v) is 5.04. The third kappa shape index (κ3) is 2.62. The molecule has 0 saturated heterocycles. The molecule has 146 valence electrons. The number of nitrogens with zero attached hydrogens (tertiary/aromatic N) is 1. The lowest BCUT2D eigenvalue weighted by molar-refractivity contribution is 0.649. The van der Waals surface area contributed by atoms with Crippen molar-refractivity contribution in [3.8, 4) is 11.1 Å². The molecule has 29 heavy (non-hydrogen) atoms. The van der Waals surface area contributed by atoms with Crippen LogP contribution in [-0.2, 0) is 0 Å². The molecule has 0 saturated carbocycles. The maximum atomic E-state index is 3.73. The third-order valence-corrected chi connectivity index (χ3v) is 6.37. The van der Waals surface area contributed by atoms with Crippen molar-refractivity contribution in [3.05, 3.63) is 94.2 Å². The van der Waals surface area contributed by atoms with E-state index in [4.69, 9.17) is 0 Å². The van der Waals surface area contributed by atoms with Crippen LogP contribution in [0.2, 0.25) is 0 Å². The Kier molecular flexibility index (Phi) is 4.06. The molecule has 3 aromatic carbocycles. The number of nitrogens with one attached hydrogen (secondary N) is 1. The van der Waals surface area contributed by atoms with E-state index < -0.39 is 0 Å². The lowest BCUT2D eigenvalue weighted by Crippen LogP contribution is -2.33. The minimum atomic E-state index is 0.132. The zero-order chi connectivity index (χ0) is 20.3. The van der Waals surface area contributed by atoms with Gasteiger partial charge in [0, 0.05) is 22.9 Å². The summed E-state index contributed by atoms with van der Waals surface area (Å²) >= 11 is 0. The predicted molar refractivity (Wildman–Crippen MR) is 123 cm³/mol. The fourth-order valence-electron chi connectivity index (χ4n) is 5.04. The number of hydrogen-bond donors (Lipinski definition) is 1. The number of benzene rings is 3. The molecule has 2 nitrogen and oxygen atoms in total. The van der Waals surface area contributed by atoms with Crippen LogP contribution in [0.25, 0.3) is 16.8 Å². The van der Waals surface area contributed by atoms with Crippen molar-refractivity contribution in [1.29, 1.82) is 0 Å². The molecule has 2 aliphatic rings. The normalized spacial score (nSPS) is 16.8. The SMILES string of the molecule is Cc1ccc2c(c1)-c1cccc(C(C)C)c1C1NC=C(c3c(C)cccc3C)N21. The van der Waals surface area contributed by atoms with Crippen molar-refractivity contribution in [2.75, 3.05) is 4.90 Å². The summed E-state index contributed by atoms with van der Waals surface area (Å²) in [4.78, 5) is 2.51. The van der Waals surface area contributed by atoms with Crippen LogP contribution in [0.15, 0.2) is 60.8 Å². The zero-order valence-electron chi connectivity index (χ0n) is 17.9. The number of hydrogen-bond acceptors (Lipinski definition) is 2. The molecule has 0 amide bonds. The number of aryl methyl sites for hydroxylation is 3. The molecule has 1 atom stereocenters. The first kappa shape index (κ1) is 18.1. The second kappa shape index (κ2) is 6.52. The monoisotopic (exact) mass is 380 g/mol. The van der Waals surface area contributed by atoms with Crippen LogP contribution in [0.4, 0.5) is 5.69 Å². The second-order valence-corrected chi connectivity index (χ2v) is 8.72. The number of rotatable bonds is 2. The molecular formula is C27H28N2. The summed E-state index contributed by atoms with van der Waals surface area (Å²) in [5.41, 5.74) is 13.3. The van der Waals surface area contributed by atoms with Crippen LogP contribution in [0.1, 0.15) is 59.3 Å². The Hall–Kier alpha value is -3.00. The summed E-state index contributed by atoms with van der Waals surface area (Å²) in [6.07, 6.45) is 2.35. The van der Waals surface area contributed by atoms with E-state index in [-0.39, 0.29) is 6.17 Å². The quantitative estimate of drug-likeness (QED) is 0.524. The molecular weight excluding hydrogens is 352 g/mol. The minimum Gasteiger partial charge on any atom is -0.365 e. The summed E-state index contributed by atoms with van der Waals surface area (Å²) in [5, 5.41) is 3.73. The molecule has 0 bridgehead atoms.